The van der Waals surface area contributed by atoms with Gasteiger partial charge < -0.3 is 10.1 Å². The third kappa shape index (κ3) is 5.59. The van der Waals surface area contributed by atoms with Gasteiger partial charge in [-0.25, -0.2) is 13.2 Å². The number of rotatable bonds is 6. The van der Waals surface area contributed by atoms with Crippen LogP contribution in [0.4, 0.5) is 5.69 Å². The van der Waals surface area contributed by atoms with E-state index in [1.807, 2.05) is 25.1 Å². The standard InChI is InChI=1S/C20H21NO5S2/c1-14-5-4-6-15(11-14)21-19(22)12-26-20(23)17-7-2-3-8-18(17)27-16-9-10-28(24,25)13-16/h2-8,11,16H,9-10,12-13H2,1H3,(H,21,22)/t16-/m1/s1. The van der Waals surface area contributed by atoms with Crippen LogP contribution in [-0.2, 0) is 19.4 Å². The molecule has 1 amide bonds. The van der Waals surface area contributed by atoms with Crippen LogP contribution < -0.4 is 5.32 Å². The number of anilines is 1. The van der Waals surface area contributed by atoms with E-state index in [2.05, 4.69) is 5.32 Å². The maximum atomic E-state index is 12.4. The minimum atomic E-state index is -2.99. The fourth-order valence-electron chi connectivity index (χ4n) is 2.90. The number of hydrogen-bond donors (Lipinski definition) is 1. The summed E-state index contributed by atoms with van der Waals surface area (Å²) in [4.78, 5) is 25.1. The van der Waals surface area contributed by atoms with Crippen molar-refractivity contribution in [3.63, 3.8) is 0 Å². The quantitative estimate of drug-likeness (QED) is 0.724. The van der Waals surface area contributed by atoms with Gasteiger partial charge in [-0.3, -0.25) is 4.79 Å². The first-order valence-corrected chi connectivity index (χ1v) is 11.5. The monoisotopic (exact) mass is 419 g/mol. The third-order valence-electron chi connectivity index (χ3n) is 4.23. The highest BCUT2D eigenvalue weighted by atomic mass is 32.2. The zero-order valence-electron chi connectivity index (χ0n) is 15.4. The topological polar surface area (TPSA) is 89.5 Å². The van der Waals surface area contributed by atoms with Crippen molar-refractivity contribution in [1.82, 2.24) is 0 Å². The van der Waals surface area contributed by atoms with Gasteiger partial charge in [0.2, 0.25) is 0 Å². The molecule has 1 aliphatic rings. The van der Waals surface area contributed by atoms with E-state index >= 15 is 0 Å². The lowest BCUT2D eigenvalue weighted by Gasteiger charge is -2.12. The molecule has 0 unspecified atom stereocenters. The van der Waals surface area contributed by atoms with Gasteiger partial charge in [0.25, 0.3) is 5.91 Å². The number of thioether (sulfide) groups is 1. The number of sulfone groups is 1. The molecule has 0 aliphatic carbocycles. The first-order chi connectivity index (χ1) is 13.3. The summed E-state index contributed by atoms with van der Waals surface area (Å²) in [6, 6.07) is 14.2. The lowest BCUT2D eigenvalue weighted by molar-refractivity contribution is -0.119. The molecule has 1 N–H and O–H groups in total. The van der Waals surface area contributed by atoms with E-state index in [0.717, 1.165) is 5.56 Å². The molecular weight excluding hydrogens is 398 g/mol. The Morgan fingerprint density at radius 3 is 2.68 bits per heavy atom. The van der Waals surface area contributed by atoms with Gasteiger partial charge in [-0.15, -0.1) is 11.8 Å². The average molecular weight is 420 g/mol. The van der Waals surface area contributed by atoms with Crippen LogP contribution in [0.15, 0.2) is 53.4 Å². The highest BCUT2D eigenvalue weighted by Crippen LogP contribution is 2.33. The Kier molecular flexibility index (Phi) is 6.41. The summed E-state index contributed by atoms with van der Waals surface area (Å²) in [6.07, 6.45) is 0.565. The van der Waals surface area contributed by atoms with Crippen LogP contribution in [0.1, 0.15) is 22.3 Å². The van der Waals surface area contributed by atoms with Crippen LogP contribution in [0, 0.1) is 6.92 Å². The van der Waals surface area contributed by atoms with Crippen LogP contribution in [0.5, 0.6) is 0 Å². The molecule has 148 valence electrons. The lowest BCUT2D eigenvalue weighted by Crippen LogP contribution is -2.21. The fraction of sp³-hybridized carbons (Fsp3) is 0.300. The Morgan fingerprint density at radius 2 is 1.96 bits per heavy atom. The summed E-state index contributed by atoms with van der Waals surface area (Å²) in [5, 5.41) is 2.60. The first kappa shape index (κ1) is 20.4. The summed E-state index contributed by atoms with van der Waals surface area (Å²) < 4.78 is 28.5. The molecule has 8 heteroatoms. The average Bonchev–Trinajstić information content (AvgIpc) is 2.98. The Labute approximate surface area is 168 Å². The Bertz CT molecular complexity index is 988. The molecule has 0 aromatic heterocycles. The van der Waals surface area contributed by atoms with Gasteiger partial charge >= 0.3 is 5.97 Å². The van der Waals surface area contributed by atoms with Crippen molar-refractivity contribution in [3.8, 4) is 0 Å². The zero-order chi connectivity index (χ0) is 20.1. The minimum Gasteiger partial charge on any atom is -0.452 e. The van der Waals surface area contributed by atoms with E-state index in [-0.39, 0.29) is 16.8 Å². The predicted octanol–water partition coefficient (Wildman–Crippen LogP) is 3.07. The molecule has 3 rings (SSSR count). The highest BCUT2D eigenvalue weighted by Gasteiger charge is 2.29. The van der Waals surface area contributed by atoms with Crippen molar-refractivity contribution in [3.05, 3.63) is 59.7 Å². The number of carbonyl (C=O) groups is 2. The van der Waals surface area contributed by atoms with E-state index in [4.69, 9.17) is 4.74 Å². The normalized spacial score (nSPS) is 17.8. The molecule has 0 bridgehead atoms. The van der Waals surface area contributed by atoms with E-state index in [9.17, 15) is 18.0 Å². The molecule has 0 radical (unpaired) electrons. The second-order valence-electron chi connectivity index (χ2n) is 6.63. The van der Waals surface area contributed by atoms with Gasteiger partial charge in [-0.1, -0.05) is 24.3 Å². The number of esters is 1. The summed E-state index contributed by atoms with van der Waals surface area (Å²) >= 11 is 1.37. The van der Waals surface area contributed by atoms with Crippen LogP contribution >= 0.6 is 11.8 Å². The van der Waals surface area contributed by atoms with Gasteiger partial charge in [0.05, 0.1) is 17.1 Å². The molecule has 6 nitrogen and oxygen atoms in total. The lowest BCUT2D eigenvalue weighted by atomic mass is 10.2. The van der Waals surface area contributed by atoms with E-state index in [0.29, 0.717) is 22.6 Å². The maximum absolute atomic E-state index is 12.4. The number of carbonyl (C=O) groups excluding carboxylic acids is 2. The number of benzene rings is 2. The summed E-state index contributed by atoms with van der Waals surface area (Å²) in [6.45, 7) is 1.52. The van der Waals surface area contributed by atoms with Crippen molar-refractivity contribution >= 4 is 39.2 Å². The summed E-state index contributed by atoms with van der Waals surface area (Å²) in [5.74, 6) is -0.745. The second-order valence-corrected chi connectivity index (χ2v) is 10.2. The molecule has 28 heavy (non-hydrogen) atoms. The molecule has 1 atom stereocenters. The minimum absolute atomic E-state index is 0.0800. The molecule has 0 saturated carbocycles. The van der Waals surface area contributed by atoms with Gasteiger partial charge in [0.1, 0.15) is 0 Å². The summed E-state index contributed by atoms with van der Waals surface area (Å²) in [5.41, 5.74) is 1.98. The van der Waals surface area contributed by atoms with Gasteiger partial charge in [-0.05, 0) is 43.2 Å². The molecule has 2 aromatic rings. The van der Waals surface area contributed by atoms with Crippen LogP contribution in [0.3, 0.4) is 0 Å². The third-order valence-corrected chi connectivity index (χ3v) is 7.55. The van der Waals surface area contributed by atoms with Gasteiger partial charge in [0.15, 0.2) is 16.4 Å². The Hall–Kier alpha value is -2.32. The number of ether oxygens (including phenoxy) is 1. The number of nitrogens with one attached hydrogen (secondary N) is 1. The first-order valence-electron chi connectivity index (χ1n) is 8.82. The maximum Gasteiger partial charge on any atom is 0.339 e. The van der Waals surface area contributed by atoms with Crippen molar-refractivity contribution < 1.29 is 22.7 Å². The number of amides is 1. The smallest absolute Gasteiger partial charge is 0.339 e. The molecule has 1 heterocycles. The highest BCUT2D eigenvalue weighted by molar-refractivity contribution is 8.02. The number of hydrogen-bond acceptors (Lipinski definition) is 6. The van der Waals surface area contributed by atoms with Crippen molar-refractivity contribution in [2.45, 2.75) is 23.5 Å². The second kappa shape index (κ2) is 8.79. The number of aryl methyl sites for hydroxylation is 1. The SMILES string of the molecule is Cc1cccc(NC(=O)COC(=O)c2ccccc2S[C@@H]2CCS(=O)(=O)C2)c1. The Balaban J connectivity index is 1.59. The molecule has 1 fully saturated rings. The van der Waals surface area contributed by atoms with Gasteiger partial charge in [-0.2, -0.15) is 0 Å². The molecule has 1 aliphatic heterocycles. The van der Waals surface area contributed by atoms with Crippen LogP contribution in [0.25, 0.3) is 0 Å². The molecule has 1 saturated heterocycles. The Morgan fingerprint density at radius 1 is 1.18 bits per heavy atom. The molecule has 2 aromatic carbocycles. The van der Waals surface area contributed by atoms with E-state index in [1.165, 1.54) is 11.8 Å². The fourth-order valence-corrected chi connectivity index (χ4v) is 6.52. The summed E-state index contributed by atoms with van der Waals surface area (Å²) in [7, 11) is -2.99. The molecular formula is C20H21NO5S2. The van der Waals surface area contributed by atoms with Crippen LogP contribution in [0.2, 0.25) is 0 Å². The zero-order valence-corrected chi connectivity index (χ0v) is 17.0. The van der Waals surface area contributed by atoms with Crippen LogP contribution in [-0.4, -0.2) is 43.7 Å². The van der Waals surface area contributed by atoms with Crippen molar-refractivity contribution in [1.29, 1.82) is 0 Å². The van der Waals surface area contributed by atoms with Gasteiger partial charge in [0, 0.05) is 15.8 Å². The van der Waals surface area contributed by atoms with E-state index in [1.54, 1.807) is 30.3 Å². The molecule has 0 spiro atoms. The van der Waals surface area contributed by atoms with E-state index < -0.39 is 28.3 Å². The predicted molar refractivity (Wildman–Crippen MR) is 109 cm³/mol. The van der Waals surface area contributed by atoms with Crippen molar-refractivity contribution in [2.24, 2.45) is 0 Å². The van der Waals surface area contributed by atoms with Crippen molar-refractivity contribution in [2.75, 3.05) is 23.4 Å². The largest absolute Gasteiger partial charge is 0.452 e.